The summed E-state index contributed by atoms with van der Waals surface area (Å²) >= 11 is 7.80. The first-order chi connectivity index (χ1) is 14.0. The van der Waals surface area contributed by atoms with Crippen molar-refractivity contribution >= 4 is 34.3 Å². The van der Waals surface area contributed by atoms with Gasteiger partial charge in [-0.25, -0.2) is 14.1 Å². The van der Waals surface area contributed by atoms with Gasteiger partial charge < -0.3 is 5.11 Å². The van der Waals surface area contributed by atoms with E-state index < -0.39 is 5.60 Å². The number of imidazole rings is 1. The van der Waals surface area contributed by atoms with Gasteiger partial charge in [0.15, 0.2) is 0 Å². The molecule has 0 aliphatic heterocycles. The van der Waals surface area contributed by atoms with Gasteiger partial charge in [0.2, 0.25) is 5.60 Å². The molecule has 0 aliphatic rings. The first-order valence-electron chi connectivity index (χ1n) is 9.18. The lowest BCUT2D eigenvalue weighted by atomic mass is 9.88. The molecule has 4 rings (SSSR count). The van der Waals surface area contributed by atoms with E-state index >= 15 is 0 Å². The fraction of sp³-hybridized carbons (Fsp3) is 0.130. The predicted molar refractivity (Wildman–Crippen MR) is 118 cm³/mol. The number of benzene rings is 2. The Morgan fingerprint density at radius 1 is 1.10 bits per heavy atom. The van der Waals surface area contributed by atoms with Crippen molar-refractivity contribution < 1.29 is 9.67 Å². The summed E-state index contributed by atoms with van der Waals surface area (Å²) in [5.41, 5.74) is 0.570. The van der Waals surface area contributed by atoms with Crippen molar-refractivity contribution in [3.63, 3.8) is 0 Å². The van der Waals surface area contributed by atoms with E-state index in [-0.39, 0.29) is 0 Å². The largest absolute Gasteiger partial charge is 0.368 e. The smallest absolute Gasteiger partial charge is 0.300 e. The Bertz CT molecular complexity index is 1130. The maximum Gasteiger partial charge on any atom is 0.300 e. The molecule has 1 unspecified atom stereocenters. The number of aryl methyl sites for hydroxylation is 2. The van der Waals surface area contributed by atoms with Crippen molar-refractivity contribution in [3.8, 4) is 0 Å². The minimum atomic E-state index is -1.47. The van der Waals surface area contributed by atoms with Crippen molar-refractivity contribution in [2.24, 2.45) is 19.1 Å². The van der Waals surface area contributed by atoms with Crippen LogP contribution < -0.4 is 4.57 Å². The molecule has 0 bridgehead atoms. The van der Waals surface area contributed by atoms with E-state index in [2.05, 4.69) is 0 Å². The molecule has 1 N–H and O–H groups in total. The van der Waals surface area contributed by atoms with Crippen LogP contribution in [0.4, 0.5) is 5.69 Å². The third kappa shape index (κ3) is 3.65. The highest BCUT2D eigenvalue weighted by atomic mass is 35.5. The zero-order valence-electron chi connectivity index (χ0n) is 16.2. The van der Waals surface area contributed by atoms with Crippen LogP contribution >= 0.6 is 22.9 Å². The average Bonchev–Trinajstić information content (AvgIpc) is 3.37. The molecule has 0 amide bonds. The predicted octanol–water partition coefficient (Wildman–Crippen LogP) is 4.62. The van der Waals surface area contributed by atoms with E-state index in [4.69, 9.17) is 16.6 Å². The fourth-order valence-corrected chi connectivity index (χ4v) is 4.55. The molecule has 146 valence electrons. The Balaban J connectivity index is 2.06. The number of hydrogen-bond acceptors (Lipinski definition) is 3. The van der Waals surface area contributed by atoms with E-state index in [9.17, 15) is 5.11 Å². The lowest BCUT2D eigenvalue weighted by Crippen LogP contribution is -2.48. The van der Waals surface area contributed by atoms with Gasteiger partial charge in [0.25, 0.3) is 0 Å². The lowest BCUT2D eigenvalue weighted by molar-refractivity contribution is -0.683. The van der Waals surface area contributed by atoms with Gasteiger partial charge in [0.1, 0.15) is 12.4 Å². The standard InChI is InChI=1S/C23H21ClN3OS/c1-26-13-14-27(2)22(26)23(28,20-12-7-15-29-20)21(17-8-6-9-18(24)16-17)25-19-10-4-3-5-11-19/h3-16,28H,1-2H3/q+1. The van der Waals surface area contributed by atoms with E-state index in [1.54, 1.807) is 0 Å². The molecule has 0 radical (unpaired) electrons. The number of thiophene rings is 1. The molecular formula is C23H21ClN3OS+. The van der Waals surface area contributed by atoms with E-state index in [1.165, 1.54) is 11.3 Å². The highest BCUT2D eigenvalue weighted by Gasteiger charge is 2.48. The van der Waals surface area contributed by atoms with E-state index in [1.807, 2.05) is 108 Å². The highest BCUT2D eigenvalue weighted by Crippen LogP contribution is 2.36. The second-order valence-corrected chi connectivity index (χ2v) is 8.22. The van der Waals surface area contributed by atoms with Gasteiger partial charge in [-0.1, -0.05) is 48.0 Å². The van der Waals surface area contributed by atoms with Crippen LogP contribution in [0.1, 0.15) is 16.3 Å². The molecule has 0 saturated heterocycles. The normalized spacial score (nSPS) is 14.0. The van der Waals surface area contributed by atoms with Gasteiger partial charge in [-0.15, -0.1) is 11.3 Å². The molecule has 0 spiro atoms. The molecule has 6 heteroatoms. The third-order valence-electron chi connectivity index (χ3n) is 4.82. The molecule has 4 nitrogen and oxygen atoms in total. The molecule has 4 aromatic rings. The van der Waals surface area contributed by atoms with E-state index in [0.29, 0.717) is 16.6 Å². The van der Waals surface area contributed by atoms with Crippen LogP contribution in [-0.2, 0) is 19.7 Å². The minimum Gasteiger partial charge on any atom is -0.368 e. The molecule has 0 aliphatic carbocycles. The Labute approximate surface area is 179 Å². The van der Waals surface area contributed by atoms with Gasteiger partial charge in [0.05, 0.1) is 30.4 Å². The second kappa shape index (κ2) is 7.95. The van der Waals surface area contributed by atoms with Crippen LogP contribution in [0.2, 0.25) is 5.02 Å². The number of nitrogens with zero attached hydrogens (tertiary/aromatic N) is 3. The molecule has 29 heavy (non-hydrogen) atoms. The van der Waals surface area contributed by atoms with Crippen molar-refractivity contribution in [2.75, 3.05) is 0 Å². The van der Waals surface area contributed by atoms with Crippen LogP contribution in [0, 0.1) is 0 Å². The Kier molecular flexibility index (Phi) is 5.37. The molecular weight excluding hydrogens is 402 g/mol. The summed E-state index contributed by atoms with van der Waals surface area (Å²) in [6.45, 7) is 0. The number of aliphatic hydroxyl groups is 1. The Hall–Kier alpha value is -2.73. The van der Waals surface area contributed by atoms with Gasteiger partial charge in [-0.05, 0) is 35.7 Å². The number of para-hydroxylation sites is 1. The van der Waals surface area contributed by atoms with Gasteiger partial charge >= 0.3 is 5.82 Å². The highest BCUT2D eigenvalue weighted by molar-refractivity contribution is 7.10. The van der Waals surface area contributed by atoms with Gasteiger partial charge in [-0.2, -0.15) is 0 Å². The average molecular weight is 423 g/mol. The van der Waals surface area contributed by atoms with Gasteiger partial charge in [-0.3, -0.25) is 0 Å². The van der Waals surface area contributed by atoms with Crippen molar-refractivity contribution in [1.82, 2.24) is 4.57 Å². The Morgan fingerprint density at radius 3 is 2.52 bits per heavy atom. The molecule has 2 aromatic heterocycles. The fourth-order valence-electron chi connectivity index (χ4n) is 3.54. The summed E-state index contributed by atoms with van der Waals surface area (Å²) in [6.07, 6.45) is 3.85. The first kappa shape index (κ1) is 19.6. The zero-order valence-corrected chi connectivity index (χ0v) is 17.7. The summed E-state index contributed by atoms with van der Waals surface area (Å²) in [4.78, 5) is 5.71. The number of rotatable bonds is 5. The summed E-state index contributed by atoms with van der Waals surface area (Å²) < 4.78 is 3.84. The summed E-state index contributed by atoms with van der Waals surface area (Å²) in [6, 6.07) is 21.0. The van der Waals surface area contributed by atoms with Crippen LogP contribution in [-0.4, -0.2) is 15.4 Å². The number of halogens is 1. The SMILES string of the molecule is Cn1cc[n+](C)c1C(O)(C(=Nc1ccccc1)c1cccc(Cl)c1)c1cccs1. The van der Waals surface area contributed by atoms with Crippen LogP contribution in [0.5, 0.6) is 0 Å². The summed E-state index contributed by atoms with van der Waals surface area (Å²) in [7, 11) is 3.85. The summed E-state index contributed by atoms with van der Waals surface area (Å²) in [5.74, 6) is 0.703. The van der Waals surface area contributed by atoms with Crippen molar-refractivity contribution in [3.05, 3.63) is 106 Å². The number of hydrogen-bond donors (Lipinski definition) is 1. The van der Waals surface area contributed by atoms with Crippen molar-refractivity contribution in [2.45, 2.75) is 5.60 Å². The van der Waals surface area contributed by atoms with Crippen LogP contribution in [0.3, 0.4) is 0 Å². The molecule has 1 atom stereocenters. The number of aromatic nitrogens is 2. The Morgan fingerprint density at radius 2 is 1.90 bits per heavy atom. The van der Waals surface area contributed by atoms with E-state index in [0.717, 1.165) is 16.1 Å². The third-order valence-corrected chi connectivity index (χ3v) is 6.04. The molecule has 2 heterocycles. The summed E-state index contributed by atoms with van der Waals surface area (Å²) in [5, 5.41) is 14.9. The first-order valence-corrected chi connectivity index (χ1v) is 10.4. The quantitative estimate of drug-likeness (QED) is 0.370. The molecule has 0 fully saturated rings. The monoisotopic (exact) mass is 422 g/mol. The second-order valence-electron chi connectivity index (χ2n) is 6.84. The van der Waals surface area contributed by atoms with Crippen molar-refractivity contribution in [1.29, 1.82) is 0 Å². The van der Waals surface area contributed by atoms with Crippen LogP contribution in [0.15, 0.2) is 89.5 Å². The maximum atomic E-state index is 12.4. The van der Waals surface area contributed by atoms with Gasteiger partial charge in [0, 0.05) is 10.6 Å². The molecule has 0 saturated carbocycles. The maximum absolute atomic E-state index is 12.4. The van der Waals surface area contributed by atoms with Crippen LogP contribution in [0.25, 0.3) is 0 Å². The topological polar surface area (TPSA) is 41.4 Å². The lowest BCUT2D eigenvalue weighted by Gasteiger charge is -2.26. The minimum absolute atomic E-state index is 0.519. The number of aliphatic imine (C=N–C) groups is 1. The molecule has 2 aromatic carbocycles. The zero-order chi connectivity index (χ0) is 20.4.